The molecule has 4 heteroatoms. The molecule has 1 unspecified atom stereocenters. The number of anilines is 1. The fourth-order valence-corrected chi connectivity index (χ4v) is 3.71. The van der Waals surface area contributed by atoms with Crippen LogP contribution in [0, 0.1) is 13.8 Å². The molecule has 0 radical (unpaired) electrons. The second kappa shape index (κ2) is 7.92. The van der Waals surface area contributed by atoms with Crippen molar-refractivity contribution in [2.24, 2.45) is 0 Å². The number of carbonyl (C=O) groups excluding carboxylic acids is 1. The van der Waals surface area contributed by atoms with Crippen LogP contribution in [0.25, 0.3) is 0 Å². The molecule has 1 aliphatic heterocycles. The molecule has 0 aliphatic carbocycles. The van der Waals surface area contributed by atoms with Gasteiger partial charge in [-0.05, 0) is 67.6 Å². The first kappa shape index (κ1) is 17.8. The van der Waals surface area contributed by atoms with Crippen LogP contribution < -0.4 is 5.32 Å². The molecule has 0 saturated carbocycles. The highest BCUT2D eigenvalue weighted by Crippen LogP contribution is 2.28. The molecule has 3 rings (SSSR count). The van der Waals surface area contributed by atoms with Crippen molar-refractivity contribution >= 4 is 23.3 Å². The Hall–Kier alpha value is -2.00. The lowest BCUT2D eigenvalue weighted by molar-refractivity contribution is 0.211. The fourth-order valence-electron chi connectivity index (χ4n) is 3.58. The Kier molecular flexibility index (Phi) is 5.64. The molecule has 132 valence electrons. The minimum Gasteiger partial charge on any atom is -0.324 e. The third kappa shape index (κ3) is 4.76. The van der Waals surface area contributed by atoms with Gasteiger partial charge in [0.25, 0.3) is 0 Å². The summed E-state index contributed by atoms with van der Waals surface area (Å²) in [7, 11) is 0. The van der Waals surface area contributed by atoms with E-state index in [9.17, 15) is 4.79 Å². The summed E-state index contributed by atoms with van der Waals surface area (Å²) in [5.41, 5.74) is 4.45. The van der Waals surface area contributed by atoms with Gasteiger partial charge in [-0.1, -0.05) is 36.2 Å². The van der Waals surface area contributed by atoms with Crippen molar-refractivity contribution in [3.05, 3.63) is 64.2 Å². The van der Waals surface area contributed by atoms with Gasteiger partial charge in [0.15, 0.2) is 0 Å². The number of rotatable bonds is 2. The maximum Gasteiger partial charge on any atom is 0.321 e. The van der Waals surface area contributed by atoms with E-state index >= 15 is 0 Å². The van der Waals surface area contributed by atoms with Crippen molar-refractivity contribution in [2.45, 2.75) is 39.0 Å². The molecule has 2 aromatic rings. The maximum absolute atomic E-state index is 12.8. The summed E-state index contributed by atoms with van der Waals surface area (Å²) in [6, 6.07) is 14.2. The van der Waals surface area contributed by atoms with Gasteiger partial charge in [-0.3, -0.25) is 0 Å². The van der Waals surface area contributed by atoms with Gasteiger partial charge in [-0.2, -0.15) is 0 Å². The minimum atomic E-state index is -0.00846. The Labute approximate surface area is 155 Å². The highest BCUT2D eigenvalue weighted by Gasteiger charge is 2.23. The van der Waals surface area contributed by atoms with E-state index in [1.54, 1.807) is 0 Å². The average Bonchev–Trinajstić information content (AvgIpc) is 2.81. The molecule has 0 bridgehead atoms. The molecule has 1 fully saturated rings. The molecule has 3 nitrogen and oxygen atoms in total. The van der Waals surface area contributed by atoms with Gasteiger partial charge in [-0.25, -0.2) is 4.79 Å². The summed E-state index contributed by atoms with van der Waals surface area (Å²) in [5.74, 6) is 0.366. The molecule has 2 aromatic carbocycles. The third-order valence-electron chi connectivity index (χ3n) is 4.77. The van der Waals surface area contributed by atoms with E-state index in [1.807, 2.05) is 43.0 Å². The van der Waals surface area contributed by atoms with Crippen molar-refractivity contribution in [3.63, 3.8) is 0 Å². The molecule has 1 atom stereocenters. The Morgan fingerprint density at radius 3 is 2.44 bits per heavy atom. The first-order valence-electron chi connectivity index (χ1n) is 8.91. The van der Waals surface area contributed by atoms with Crippen LogP contribution in [-0.4, -0.2) is 24.0 Å². The van der Waals surface area contributed by atoms with Gasteiger partial charge in [0.1, 0.15) is 0 Å². The van der Waals surface area contributed by atoms with Crippen LogP contribution in [-0.2, 0) is 0 Å². The van der Waals surface area contributed by atoms with E-state index in [4.69, 9.17) is 11.6 Å². The first-order valence-corrected chi connectivity index (χ1v) is 9.29. The first-order chi connectivity index (χ1) is 12.0. The number of urea groups is 1. The quantitative estimate of drug-likeness (QED) is 0.729. The lowest BCUT2D eigenvalue weighted by Gasteiger charge is -2.25. The molecule has 25 heavy (non-hydrogen) atoms. The maximum atomic E-state index is 12.8. The number of hydrogen-bond acceptors (Lipinski definition) is 1. The smallest absolute Gasteiger partial charge is 0.321 e. The summed E-state index contributed by atoms with van der Waals surface area (Å²) in [6.07, 6.45) is 3.29. The molecular weight excluding hydrogens is 332 g/mol. The SMILES string of the molecule is Cc1cc(C)cc(NC(=O)N2CCCCC(c3ccc(Cl)cc3)C2)c1. The molecule has 1 heterocycles. The number of carbonyl (C=O) groups is 1. The summed E-state index contributed by atoms with van der Waals surface area (Å²) >= 11 is 6.00. The standard InChI is InChI=1S/C21H25ClN2O/c1-15-11-16(2)13-20(12-15)23-21(25)24-10-4-3-5-18(14-24)17-6-8-19(22)9-7-17/h6-9,11-13,18H,3-5,10,14H2,1-2H3,(H,23,25). The van der Waals surface area contributed by atoms with Crippen LogP contribution in [0.4, 0.5) is 10.5 Å². The van der Waals surface area contributed by atoms with Crippen molar-refractivity contribution in [1.82, 2.24) is 4.90 Å². The number of hydrogen-bond donors (Lipinski definition) is 1. The van der Waals surface area contributed by atoms with Gasteiger partial charge < -0.3 is 10.2 Å². The molecule has 0 spiro atoms. The van der Waals surface area contributed by atoms with E-state index in [1.165, 1.54) is 5.56 Å². The average molecular weight is 357 g/mol. The van der Waals surface area contributed by atoms with Crippen molar-refractivity contribution < 1.29 is 4.79 Å². The third-order valence-corrected chi connectivity index (χ3v) is 5.02. The van der Waals surface area contributed by atoms with Gasteiger partial charge in [0, 0.05) is 29.7 Å². The van der Waals surface area contributed by atoms with E-state index < -0.39 is 0 Å². The molecule has 0 aromatic heterocycles. The topological polar surface area (TPSA) is 32.3 Å². The van der Waals surface area contributed by atoms with E-state index in [0.29, 0.717) is 5.92 Å². The Morgan fingerprint density at radius 2 is 1.76 bits per heavy atom. The van der Waals surface area contributed by atoms with Crippen LogP contribution in [0.1, 0.15) is 41.9 Å². The second-order valence-electron chi connectivity index (χ2n) is 7.00. The van der Waals surface area contributed by atoms with Crippen LogP contribution in [0.15, 0.2) is 42.5 Å². The Morgan fingerprint density at radius 1 is 1.08 bits per heavy atom. The normalized spacial score (nSPS) is 17.9. The predicted molar refractivity (Wildman–Crippen MR) is 105 cm³/mol. The Bertz CT molecular complexity index is 722. The zero-order valence-electron chi connectivity index (χ0n) is 14.9. The fraction of sp³-hybridized carbons (Fsp3) is 0.381. The number of amides is 2. The molecule has 1 aliphatic rings. The van der Waals surface area contributed by atoms with Crippen LogP contribution in [0.2, 0.25) is 5.02 Å². The summed E-state index contributed by atoms with van der Waals surface area (Å²) < 4.78 is 0. The highest BCUT2D eigenvalue weighted by molar-refractivity contribution is 6.30. The lowest BCUT2D eigenvalue weighted by Crippen LogP contribution is -2.37. The molecular formula is C21H25ClN2O. The molecule has 1 N–H and O–H groups in total. The van der Waals surface area contributed by atoms with Gasteiger partial charge >= 0.3 is 6.03 Å². The van der Waals surface area contributed by atoms with E-state index in [0.717, 1.165) is 54.2 Å². The van der Waals surface area contributed by atoms with Crippen molar-refractivity contribution in [1.29, 1.82) is 0 Å². The number of nitrogens with one attached hydrogen (secondary N) is 1. The van der Waals surface area contributed by atoms with Gasteiger partial charge in [0.05, 0.1) is 0 Å². The molecule has 1 saturated heterocycles. The van der Waals surface area contributed by atoms with Crippen molar-refractivity contribution in [2.75, 3.05) is 18.4 Å². The highest BCUT2D eigenvalue weighted by atomic mass is 35.5. The summed E-state index contributed by atoms with van der Waals surface area (Å²) in [6.45, 7) is 5.65. The molecule has 2 amide bonds. The second-order valence-corrected chi connectivity index (χ2v) is 7.43. The minimum absolute atomic E-state index is 0.00846. The van der Waals surface area contributed by atoms with E-state index in [-0.39, 0.29) is 6.03 Å². The number of nitrogens with zero attached hydrogens (tertiary/aromatic N) is 1. The van der Waals surface area contributed by atoms with Gasteiger partial charge in [0.2, 0.25) is 0 Å². The number of benzene rings is 2. The zero-order valence-corrected chi connectivity index (χ0v) is 15.6. The predicted octanol–water partition coefficient (Wildman–Crippen LogP) is 5.76. The largest absolute Gasteiger partial charge is 0.324 e. The van der Waals surface area contributed by atoms with Crippen LogP contribution in [0.5, 0.6) is 0 Å². The summed E-state index contributed by atoms with van der Waals surface area (Å²) in [5, 5.41) is 3.82. The summed E-state index contributed by atoms with van der Waals surface area (Å²) in [4.78, 5) is 14.7. The zero-order chi connectivity index (χ0) is 17.8. The number of likely N-dealkylation sites (tertiary alicyclic amines) is 1. The van der Waals surface area contributed by atoms with Crippen molar-refractivity contribution in [3.8, 4) is 0 Å². The Balaban J connectivity index is 1.71. The lowest BCUT2D eigenvalue weighted by atomic mass is 9.94. The van der Waals surface area contributed by atoms with Gasteiger partial charge in [-0.15, -0.1) is 0 Å². The van der Waals surface area contributed by atoms with E-state index in [2.05, 4.69) is 23.5 Å². The number of halogens is 1. The van der Waals surface area contributed by atoms with Crippen LogP contribution >= 0.6 is 11.6 Å². The monoisotopic (exact) mass is 356 g/mol. The van der Waals surface area contributed by atoms with Crippen LogP contribution in [0.3, 0.4) is 0 Å². The number of aryl methyl sites for hydroxylation is 2.